The highest BCUT2D eigenvalue weighted by Gasteiger charge is 2.28. The summed E-state index contributed by atoms with van der Waals surface area (Å²) in [5, 5.41) is 9.04. The van der Waals surface area contributed by atoms with Crippen molar-refractivity contribution in [2.45, 2.75) is 30.6 Å². The maximum absolute atomic E-state index is 11.0. The molecular weight excluding hydrogens is 388 g/mol. The van der Waals surface area contributed by atoms with Gasteiger partial charge in [0.1, 0.15) is 0 Å². The summed E-state index contributed by atoms with van der Waals surface area (Å²) in [4.78, 5) is 13.6. The van der Waals surface area contributed by atoms with E-state index in [-0.39, 0.29) is 5.41 Å². The van der Waals surface area contributed by atoms with E-state index in [1.54, 1.807) is 12.1 Å². The summed E-state index contributed by atoms with van der Waals surface area (Å²) >= 11 is 1.82. The highest BCUT2D eigenvalue weighted by atomic mass is 32.2. The zero-order valence-electron chi connectivity index (χ0n) is 17.1. The molecule has 0 fully saturated rings. The number of rotatable bonds is 5. The van der Waals surface area contributed by atoms with E-state index in [1.807, 2.05) is 36.0 Å². The summed E-state index contributed by atoms with van der Waals surface area (Å²) in [5.41, 5.74) is 5.21. The molecule has 3 heteroatoms. The van der Waals surface area contributed by atoms with Crippen molar-refractivity contribution in [1.82, 2.24) is 0 Å². The largest absolute Gasteiger partial charge is 0.478 e. The van der Waals surface area contributed by atoms with Gasteiger partial charge >= 0.3 is 5.97 Å². The molecule has 3 aromatic rings. The van der Waals surface area contributed by atoms with E-state index < -0.39 is 5.97 Å². The highest BCUT2D eigenvalue weighted by molar-refractivity contribution is 8.08. The van der Waals surface area contributed by atoms with Crippen LogP contribution in [0, 0.1) is 0 Å². The number of allylic oxidation sites excluding steroid dienone is 1. The molecular formula is C27H24O2S. The zero-order valence-corrected chi connectivity index (χ0v) is 17.9. The lowest BCUT2D eigenvalue weighted by Gasteiger charge is -2.32. The van der Waals surface area contributed by atoms with Gasteiger partial charge in [-0.15, -0.1) is 0 Å². The zero-order chi connectivity index (χ0) is 21.1. The first-order chi connectivity index (χ1) is 14.4. The van der Waals surface area contributed by atoms with E-state index in [0.717, 1.165) is 17.5 Å². The Kier molecular flexibility index (Phi) is 5.65. The van der Waals surface area contributed by atoms with Crippen molar-refractivity contribution in [2.24, 2.45) is 0 Å². The van der Waals surface area contributed by atoms with Gasteiger partial charge in [0.15, 0.2) is 0 Å². The molecule has 0 radical (unpaired) electrons. The maximum Gasteiger partial charge on any atom is 0.335 e. The molecule has 150 valence electrons. The van der Waals surface area contributed by atoms with E-state index in [2.05, 4.69) is 68.5 Å². The Balaban J connectivity index is 1.63. The number of carboxylic acids is 1. The Labute approximate surface area is 182 Å². The second-order valence-corrected chi connectivity index (χ2v) is 9.25. The van der Waals surface area contributed by atoms with Crippen molar-refractivity contribution < 1.29 is 9.90 Å². The third-order valence-electron chi connectivity index (χ3n) is 5.43. The number of hydrogen-bond donors (Lipinski definition) is 1. The van der Waals surface area contributed by atoms with Crippen LogP contribution in [0.3, 0.4) is 0 Å². The van der Waals surface area contributed by atoms with Crippen LogP contribution in [0.1, 0.15) is 52.9 Å². The molecule has 1 aliphatic carbocycles. The van der Waals surface area contributed by atoms with Gasteiger partial charge in [0.25, 0.3) is 0 Å². The molecule has 0 saturated carbocycles. The number of thioether (sulfide) groups is 1. The van der Waals surface area contributed by atoms with Gasteiger partial charge < -0.3 is 5.11 Å². The van der Waals surface area contributed by atoms with Crippen molar-refractivity contribution in [2.75, 3.05) is 0 Å². The third kappa shape index (κ3) is 4.42. The lowest BCUT2D eigenvalue weighted by Crippen LogP contribution is -2.21. The average molecular weight is 413 g/mol. The van der Waals surface area contributed by atoms with Gasteiger partial charge in [-0.25, -0.2) is 4.79 Å². The molecule has 1 N–H and O–H groups in total. The molecule has 0 heterocycles. The van der Waals surface area contributed by atoms with Crippen LogP contribution in [0.25, 0.3) is 17.1 Å². The van der Waals surface area contributed by atoms with Crippen LogP contribution < -0.4 is 0 Å². The van der Waals surface area contributed by atoms with Crippen LogP contribution in [-0.4, -0.2) is 11.1 Å². The molecule has 2 nitrogen and oxygen atoms in total. The summed E-state index contributed by atoms with van der Waals surface area (Å²) in [6.07, 6.45) is 7.50. The first-order valence-electron chi connectivity index (χ1n) is 10.0. The Morgan fingerprint density at radius 3 is 2.30 bits per heavy atom. The second kappa shape index (κ2) is 8.37. The molecule has 0 bridgehead atoms. The fourth-order valence-electron chi connectivity index (χ4n) is 3.67. The summed E-state index contributed by atoms with van der Waals surface area (Å²) in [5.74, 6) is -0.905. The van der Waals surface area contributed by atoms with Gasteiger partial charge in [-0.05, 0) is 64.4 Å². The SMILES string of the molecule is CC1(C)CC=C(Sc2ccccc2)c2cc(/C=C/c3ccc(C(=O)O)cc3)ccc21. The van der Waals surface area contributed by atoms with Gasteiger partial charge in [-0.2, -0.15) is 0 Å². The van der Waals surface area contributed by atoms with Crippen molar-refractivity contribution >= 4 is 34.8 Å². The fraction of sp³-hybridized carbons (Fsp3) is 0.148. The number of hydrogen-bond acceptors (Lipinski definition) is 2. The van der Waals surface area contributed by atoms with E-state index in [1.165, 1.54) is 20.9 Å². The van der Waals surface area contributed by atoms with Crippen LogP contribution >= 0.6 is 11.8 Å². The van der Waals surface area contributed by atoms with E-state index in [0.29, 0.717) is 5.56 Å². The number of carboxylic acid groups (broad SMARTS) is 1. The maximum atomic E-state index is 11.0. The lowest BCUT2D eigenvalue weighted by molar-refractivity contribution is 0.0697. The van der Waals surface area contributed by atoms with Crippen molar-refractivity contribution in [3.8, 4) is 0 Å². The van der Waals surface area contributed by atoms with Crippen LogP contribution in [0.4, 0.5) is 0 Å². The number of benzene rings is 3. The Morgan fingerprint density at radius 2 is 1.60 bits per heavy atom. The highest BCUT2D eigenvalue weighted by Crippen LogP contribution is 2.45. The molecule has 0 saturated heterocycles. The van der Waals surface area contributed by atoms with Crippen molar-refractivity contribution in [3.63, 3.8) is 0 Å². The molecule has 0 spiro atoms. The fourth-order valence-corrected chi connectivity index (χ4v) is 4.66. The molecule has 0 unspecified atom stereocenters. The van der Waals surface area contributed by atoms with Crippen LogP contribution in [0.2, 0.25) is 0 Å². The Morgan fingerprint density at radius 1 is 0.933 bits per heavy atom. The van der Waals surface area contributed by atoms with Gasteiger partial charge in [0.2, 0.25) is 0 Å². The third-order valence-corrected chi connectivity index (χ3v) is 6.55. The van der Waals surface area contributed by atoms with Crippen LogP contribution in [-0.2, 0) is 5.41 Å². The lowest BCUT2D eigenvalue weighted by atomic mass is 9.75. The van der Waals surface area contributed by atoms with E-state index >= 15 is 0 Å². The van der Waals surface area contributed by atoms with Crippen molar-refractivity contribution in [3.05, 3.63) is 107 Å². The molecule has 0 atom stereocenters. The first-order valence-corrected chi connectivity index (χ1v) is 10.8. The summed E-state index contributed by atoms with van der Waals surface area (Å²) in [7, 11) is 0. The number of carbonyl (C=O) groups is 1. The van der Waals surface area contributed by atoms with Crippen LogP contribution in [0.15, 0.2) is 83.8 Å². The van der Waals surface area contributed by atoms with Gasteiger partial charge in [0, 0.05) is 9.80 Å². The average Bonchev–Trinajstić information content (AvgIpc) is 2.75. The minimum atomic E-state index is -0.905. The number of aromatic carboxylic acids is 1. The normalized spacial score (nSPS) is 14.9. The van der Waals surface area contributed by atoms with Gasteiger partial charge in [-0.3, -0.25) is 0 Å². The minimum absolute atomic E-state index is 0.116. The molecule has 1 aliphatic rings. The Hall–Kier alpha value is -3.04. The number of fused-ring (bicyclic) bond motifs is 1. The van der Waals surface area contributed by atoms with Gasteiger partial charge in [0.05, 0.1) is 5.56 Å². The summed E-state index contributed by atoms with van der Waals surface area (Å²) < 4.78 is 0. The predicted molar refractivity (Wildman–Crippen MR) is 127 cm³/mol. The monoisotopic (exact) mass is 412 g/mol. The first kappa shape index (κ1) is 20.2. The van der Waals surface area contributed by atoms with E-state index in [9.17, 15) is 4.79 Å². The van der Waals surface area contributed by atoms with E-state index in [4.69, 9.17) is 5.11 Å². The van der Waals surface area contributed by atoms with Crippen LogP contribution in [0.5, 0.6) is 0 Å². The molecule has 4 rings (SSSR count). The summed E-state index contributed by atoms with van der Waals surface area (Å²) in [6, 6.07) is 24.1. The standard InChI is InChI=1S/C27H24O2S/c1-27(2)17-16-25(30-22-6-4-3-5-7-22)23-18-20(12-15-24(23)27)9-8-19-10-13-21(14-11-19)26(28)29/h3-16,18H,17H2,1-2H3,(H,28,29)/b9-8+. The molecule has 0 aliphatic heterocycles. The van der Waals surface area contributed by atoms with Crippen molar-refractivity contribution in [1.29, 1.82) is 0 Å². The molecule has 0 amide bonds. The smallest absolute Gasteiger partial charge is 0.335 e. The predicted octanol–water partition coefficient (Wildman–Crippen LogP) is 7.37. The Bertz CT molecular complexity index is 1120. The molecule has 3 aromatic carbocycles. The minimum Gasteiger partial charge on any atom is -0.478 e. The molecule has 30 heavy (non-hydrogen) atoms. The second-order valence-electron chi connectivity index (χ2n) is 8.14. The molecule has 0 aromatic heterocycles. The van der Waals surface area contributed by atoms with Gasteiger partial charge in [-0.1, -0.05) is 86.3 Å². The quantitative estimate of drug-likeness (QED) is 0.445. The topological polar surface area (TPSA) is 37.3 Å². The summed E-state index contributed by atoms with van der Waals surface area (Å²) in [6.45, 7) is 4.59.